The molecule has 0 spiro atoms. The summed E-state index contributed by atoms with van der Waals surface area (Å²) in [6.45, 7) is 6.81. The summed E-state index contributed by atoms with van der Waals surface area (Å²) >= 11 is 0. The highest BCUT2D eigenvalue weighted by Gasteiger charge is 2.16. The number of allylic oxidation sites excluding steroid dienone is 1. The topological polar surface area (TPSA) is 49.3 Å². The standard InChI is InChI=1S/C19H29NO2/c1-15(2)10-6-4-9-13-18(21)20-14-16(3)19(22)17-11-7-5-8-12-17/h5,7-9,11-13,15-16,19,22H,4,6,10,14H2,1-3H3,(H,20,21)/t16-,19-/m1/s1. The van der Waals surface area contributed by atoms with E-state index in [1.54, 1.807) is 6.08 Å². The van der Waals surface area contributed by atoms with E-state index in [2.05, 4.69) is 19.2 Å². The average molecular weight is 303 g/mol. The summed E-state index contributed by atoms with van der Waals surface area (Å²) in [5.74, 6) is 0.597. The first kappa shape index (κ1) is 18.4. The molecule has 22 heavy (non-hydrogen) atoms. The SMILES string of the molecule is CC(C)CCCC=CC(=O)NC[C@@H](C)[C@@H](O)c1ccccc1. The molecule has 0 aliphatic heterocycles. The third-order valence-corrected chi connectivity index (χ3v) is 3.70. The molecule has 0 unspecified atom stereocenters. The van der Waals surface area contributed by atoms with Crippen molar-refractivity contribution >= 4 is 5.91 Å². The molecular weight excluding hydrogens is 274 g/mol. The van der Waals surface area contributed by atoms with Crippen LogP contribution in [0.4, 0.5) is 0 Å². The number of benzene rings is 1. The maximum absolute atomic E-state index is 11.7. The molecule has 3 nitrogen and oxygen atoms in total. The van der Waals surface area contributed by atoms with Crippen LogP contribution in [0.3, 0.4) is 0 Å². The van der Waals surface area contributed by atoms with Crippen LogP contribution in [0.5, 0.6) is 0 Å². The summed E-state index contributed by atoms with van der Waals surface area (Å²) in [6, 6.07) is 9.54. The Morgan fingerprint density at radius 3 is 2.55 bits per heavy atom. The lowest BCUT2D eigenvalue weighted by atomic mass is 9.97. The van der Waals surface area contributed by atoms with Crippen molar-refractivity contribution in [3.8, 4) is 0 Å². The van der Waals surface area contributed by atoms with Gasteiger partial charge in [-0.2, -0.15) is 0 Å². The van der Waals surface area contributed by atoms with E-state index in [0.29, 0.717) is 12.5 Å². The Balaban J connectivity index is 2.27. The molecule has 0 aromatic heterocycles. The van der Waals surface area contributed by atoms with Crippen LogP contribution in [-0.2, 0) is 4.79 Å². The lowest BCUT2D eigenvalue weighted by Gasteiger charge is -2.19. The molecule has 0 bridgehead atoms. The van der Waals surface area contributed by atoms with Crippen LogP contribution < -0.4 is 5.32 Å². The second-order valence-electron chi connectivity index (χ2n) is 6.31. The number of hydrogen-bond acceptors (Lipinski definition) is 2. The van der Waals surface area contributed by atoms with Gasteiger partial charge in [0.25, 0.3) is 0 Å². The molecule has 2 N–H and O–H groups in total. The van der Waals surface area contributed by atoms with Gasteiger partial charge in [-0.15, -0.1) is 0 Å². The molecule has 122 valence electrons. The molecule has 0 saturated carbocycles. The summed E-state index contributed by atoms with van der Waals surface area (Å²) in [7, 11) is 0. The highest BCUT2D eigenvalue weighted by molar-refractivity contribution is 5.87. The van der Waals surface area contributed by atoms with Gasteiger partial charge in [-0.25, -0.2) is 0 Å². The van der Waals surface area contributed by atoms with Gasteiger partial charge in [0, 0.05) is 12.5 Å². The normalized spacial score (nSPS) is 14.2. The Morgan fingerprint density at radius 1 is 1.23 bits per heavy atom. The van der Waals surface area contributed by atoms with Gasteiger partial charge in [0.05, 0.1) is 6.10 Å². The molecule has 1 amide bonds. The van der Waals surface area contributed by atoms with Crippen LogP contribution in [-0.4, -0.2) is 17.6 Å². The Hall–Kier alpha value is -1.61. The van der Waals surface area contributed by atoms with E-state index < -0.39 is 6.10 Å². The zero-order valence-corrected chi connectivity index (χ0v) is 14.0. The van der Waals surface area contributed by atoms with Gasteiger partial charge in [0.2, 0.25) is 5.91 Å². The lowest BCUT2D eigenvalue weighted by molar-refractivity contribution is -0.116. The van der Waals surface area contributed by atoms with E-state index in [-0.39, 0.29) is 11.8 Å². The molecule has 1 rings (SSSR count). The molecule has 0 aliphatic carbocycles. The molecule has 3 heteroatoms. The summed E-state index contributed by atoms with van der Waals surface area (Å²) in [5.41, 5.74) is 0.883. The fourth-order valence-electron chi connectivity index (χ4n) is 2.25. The summed E-state index contributed by atoms with van der Waals surface area (Å²) < 4.78 is 0. The van der Waals surface area contributed by atoms with Crippen LogP contribution in [0.1, 0.15) is 51.7 Å². The second kappa shape index (κ2) is 10.2. The average Bonchev–Trinajstić information content (AvgIpc) is 2.52. The second-order valence-corrected chi connectivity index (χ2v) is 6.31. The number of unbranched alkanes of at least 4 members (excludes halogenated alkanes) is 1. The number of aliphatic hydroxyl groups excluding tert-OH is 1. The number of rotatable bonds is 9. The zero-order chi connectivity index (χ0) is 16.4. The molecule has 0 aliphatic rings. The van der Waals surface area contributed by atoms with Gasteiger partial charge in [0.15, 0.2) is 0 Å². The highest BCUT2D eigenvalue weighted by Crippen LogP contribution is 2.20. The number of aliphatic hydroxyl groups is 1. The van der Waals surface area contributed by atoms with E-state index in [4.69, 9.17) is 0 Å². The number of amides is 1. The first-order valence-corrected chi connectivity index (χ1v) is 8.18. The van der Waals surface area contributed by atoms with Crippen molar-refractivity contribution in [2.45, 2.75) is 46.1 Å². The minimum atomic E-state index is -0.559. The third kappa shape index (κ3) is 7.41. The van der Waals surface area contributed by atoms with Crippen molar-refractivity contribution in [1.82, 2.24) is 5.32 Å². The summed E-state index contributed by atoms with van der Waals surface area (Å²) in [4.78, 5) is 11.7. The highest BCUT2D eigenvalue weighted by atomic mass is 16.3. The van der Waals surface area contributed by atoms with E-state index in [1.165, 1.54) is 6.42 Å². The summed E-state index contributed by atoms with van der Waals surface area (Å²) in [6.07, 6.45) is 6.21. The van der Waals surface area contributed by atoms with Gasteiger partial charge >= 0.3 is 0 Å². The fourth-order valence-corrected chi connectivity index (χ4v) is 2.25. The van der Waals surface area contributed by atoms with Crippen molar-refractivity contribution in [2.75, 3.05) is 6.54 Å². The van der Waals surface area contributed by atoms with E-state index in [1.807, 2.05) is 43.3 Å². The lowest BCUT2D eigenvalue weighted by Crippen LogP contribution is -2.29. The van der Waals surface area contributed by atoms with Crippen LogP contribution in [0.25, 0.3) is 0 Å². The molecule has 2 atom stereocenters. The van der Waals surface area contributed by atoms with Crippen LogP contribution in [0.15, 0.2) is 42.5 Å². The molecule has 0 fully saturated rings. The van der Waals surface area contributed by atoms with Gasteiger partial charge in [-0.3, -0.25) is 4.79 Å². The quantitative estimate of drug-likeness (QED) is 0.537. The number of nitrogens with one attached hydrogen (secondary N) is 1. The predicted octanol–water partition coefficient (Wildman–Crippen LogP) is 3.85. The van der Waals surface area contributed by atoms with Gasteiger partial charge in [-0.05, 0) is 30.4 Å². The van der Waals surface area contributed by atoms with Crippen molar-refractivity contribution in [1.29, 1.82) is 0 Å². The predicted molar refractivity (Wildman–Crippen MR) is 91.4 cm³/mol. The smallest absolute Gasteiger partial charge is 0.243 e. The van der Waals surface area contributed by atoms with E-state index in [9.17, 15) is 9.90 Å². The van der Waals surface area contributed by atoms with Gasteiger partial charge in [-0.1, -0.05) is 63.6 Å². The van der Waals surface area contributed by atoms with Gasteiger partial charge < -0.3 is 10.4 Å². The largest absolute Gasteiger partial charge is 0.388 e. The van der Waals surface area contributed by atoms with Crippen LogP contribution in [0.2, 0.25) is 0 Å². The maximum atomic E-state index is 11.7. The number of carbonyl (C=O) groups is 1. The van der Waals surface area contributed by atoms with Crippen molar-refractivity contribution < 1.29 is 9.90 Å². The molecule has 0 radical (unpaired) electrons. The molecule has 1 aromatic rings. The minimum absolute atomic E-state index is 0.0271. The molecule has 0 saturated heterocycles. The van der Waals surface area contributed by atoms with Crippen LogP contribution >= 0.6 is 0 Å². The monoisotopic (exact) mass is 303 g/mol. The van der Waals surface area contributed by atoms with Crippen molar-refractivity contribution in [2.24, 2.45) is 11.8 Å². The molecular formula is C19H29NO2. The van der Waals surface area contributed by atoms with E-state index in [0.717, 1.165) is 18.4 Å². The van der Waals surface area contributed by atoms with Crippen LogP contribution in [0, 0.1) is 11.8 Å². The first-order chi connectivity index (χ1) is 10.5. The van der Waals surface area contributed by atoms with E-state index >= 15 is 0 Å². The fraction of sp³-hybridized carbons (Fsp3) is 0.526. The van der Waals surface area contributed by atoms with Gasteiger partial charge in [0.1, 0.15) is 0 Å². The Bertz CT molecular complexity index is 454. The molecule has 0 heterocycles. The minimum Gasteiger partial charge on any atom is -0.388 e. The number of hydrogen-bond donors (Lipinski definition) is 2. The van der Waals surface area contributed by atoms with Crippen molar-refractivity contribution in [3.63, 3.8) is 0 Å². The Kier molecular flexibility index (Phi) is 8.53. The Labute approximate surface area is 134 Å². The molecule has 1 aromatic carbocycles. The number of carbonyl (C=O) groups excluding carboxylic acids is 1. The Morgan fingerprint density at radius 2 is 1.91 bits per heavy atom. The summed E-state index contributed by atoms with van der Waals surface area (Å²) in [5, 5.41) is 13.1. The maximum Gasteiger partial charge on any atom is 0.243 e. The van der Waals surface area contributed by atoms with Crippen molar-refractivity contribution in [3.05, 3.63) is 48.0 Å². The first-order valence-electron chi connectivity index (χ1n) is 8.18. The third-order valence-electron chi connectivity index (χ3n) is 3.70. The zero-order valence-electron chi connectivity index (χ0n) is 14.0.